The van der Waals surface area contributed by atoms with Crippen molar-refractivity contribution in [1.29, 1.82) is 0 Å². The van der Waals surface area contributed by atoms with E-state index in [2.05, 4.69) is 10.3 Å². The van der Waals surface area contributed by atoms with Crippen molar-refractivity contribution in [3.05, 3.63) is 22.9 Å². The number of hydrogen-bond donors (Lipinski definition) is 2. The van der Waals surface area contributed by atoms with E-state index in [-0.39, 0.29) is 0 Å². The third-order valence-corrected chi connectivity index (χ3v) is 3.72. The lowest BCUT2D eigenvalue weighted by atomic mass is 9.97. The largest absolute Gasteiger partial charge is 0.477 e. The van der Waals surface area contributed by atoms with Gasteiger partial charge in [0.1, 0.15) is 5.56 Å². The Bertz CT molecular complexity index is 482. The molecule has 0 radical (unpaired) electrons. The number of carbonyl (C=O) groups excluding carboxylic acids is 1. The second-order valence-electron chi connectivity index (χ2n) is 5.47. The number of nitrogens with one attached hydrogen (secondary N) is 1. The molecule has 1 amide bonds. The van der Waals surface area contributed by atoms with Crippen LogP contribution >= 0.6 is 0 Å². The number of carbonyl (C=O) groups is 1. The number of aryl methyl sites for hydroxylation is 2. The van der Waals surface area contributed by atoms with Crippen LogP contribution in [0.25, 0.3) is 0 Å². The monoisotopic (exact) mass is 277 g/mol. The minimum atomic E-state index is -0.482. The van der Waals surface area contributed by atoms with Crippen molar-refractivity contribution >= 4 is 5.91 Å². The third-order valence-electron chi connectivity index (χ3n) is 3.72. The second kappa shape index (κ2) is 6.70. The van der Waals surface area contributed by atoms with E-state index in [0.29, 0.717) is 24.0 Å². The zero-order valence-corrected chi connectivity index (χ0v) is 12.2. The lowest BCUT2D eigenvalue weighted by molar-refractivity contribution is 0.0994. The molecule has 1 aliphatic heterocycles. The van der Waals surface area contributed by atoms with Gasteiger partial charge in [-0.2, -0.15) is 0 Å². The number of pyridine rings is 1. The zero-order chi connectivity index (χ0) is 14.5. The Morgan fingerprint density at radius 2 is 2.35 bits per heavy atom. The number of hydrogen-bond acceptors (Lipinski definition) is 4. The van der Waals surface area contributed by atoms with Crippen molar-refractivity contribution in [1.82, 2.24) is 10.3 Å². The van der Waals surface area contributed by atoms with Gasteiger partial charge in [0.15, 0.2) is 0 Å². The topological polar surface area (TPSA) is 77.2 Å². The number of rotatable bonds is 5. The standard InChI is InChI=1S/C15H23N3O2/c1-10-8-11(2)18-15(13(10)14(16)19)20-7-5-12-4-3-6-17-9-12/h8,12,17H,3-7,9H2,1-2H3,(H2,16,19). The van der Waals surface area contributed by atoms with Crippen molar-refractivity contribution in [2.75, 3.05) is 19.7 Å². The minimum absolute atomic E-state index is 0.374. The molecular formula is C15H23N3O2. The Hall–Kier alpha value is -1.62. The maximum absolute atomic E-state index is 11.5. The van der Waals surface area contributed by atoms with Gasteiger partial charge in [0.05, 0.1) is 6.61 Å². The lowest BCUT2D eigenvalue weighted by Crippen LogP contribution is -2.30. The van der Waals surface area contributed by atoms with Crippen molar-refractivity contribution in [2.45, 2.75) is 33.1 Å². The summed E-state index contributed by atoms with van der Waals surface area (Å²) in [6.07, 6.45) is 3.43. The zero-order valence-electron chi connectivity index (χ0n) is 12.2. The fraction of sp³-hybridized carbons (Fsp3) is 0.600. The van der Waals surface area contributed by atoms with Crippen LogP contribution in [0.4, 0.5) is 0 Å². The van der Waals surface area contributed by atoms with Crippen LogP contribution in [0.5, 0.6) is 5.88 Å². The molecular weight excluding hydrogens is 254 g/mol. The Morgan fingerprint density at radius 3 is 3.00 bits per heavy atom. The van der Waals surface area contributed by atoms with E-state index in [9.17, 15) is 4.79 Å². The Labute approximate surface area is 119 Å². The number of aromatic nitrogens is 1. The highest BCUT2D eigenvalue weighted by molar-refractivity contribution is 5.96. The van der Waals surface area contributed by atoms with E-state index in [1.807, 2.05) is 19.9 Å². The first-order valence-electron chi connectivity index (χ1n) is 7.19. The highest BCUT2D eigenvalue weighted by Crippen LogP contribution is 2.21. The summed E-state index contributed by atoms with van der Waals surface area (Å²) < 4.78 is 5.72. The van der Waals surface area contributed by atoms with Gasteiger partial charge in [-0.3, -0.25) is 4.79 Å². The summed E-state index contributed by atoms with van der Waals surface area (Å²) in [5, 5.41) is 3.39. The summed E-state index contributed by atoms with van der Waals surface area (Å²) in [5.41, 5.74) is 7.47. The van der Waals surface area contributed by atoms with Crippen molar-refractivity contribution in [3.8, 4) is 5.88 Å². The summed E-state index contributed by atoms with van der Waals surface area (Å²) in [6, 6.07) is 1.85. The summed E-state index contributed by atoms with van der Waals surface area (Å²) >= 11 is 0. The molecule has 3 N–H and O–H groups in total. The van der Waals surface area contributed by atoms with Crippen LogP contribution in [0, 0.1) is 19.8 Å². The molecule has 1 aliphatic rings. The molecule has 20 heavy (non-hydrogen) atoms. The number of piperidine rings is 1. The van der Waals surface area contributed by atoms with Gasteiger partial charge < -0.3 is 15.8 Å². The molecule has 1 unspecified atom stereocenters. The molecule has 1 aromatic rings. The Kier molecular flexibility index (Phi) is 4.95. The fourth-order valence-corrected chi connectivity index (χ4v) is 2.70. The molecule has 0 spiro atoms. The van der Waals surface area contributed by atoms with E-state index in [0.717, 1.165) is 30.8 Å². The minimum Gasteiger partial charge on any atom is -0.477 e. The molecule has 0 aliphatic carbocycles. The number of ether oxygens (including phenoxy) is 1. The van der Waals surface area contributed by atoms with Gasteiger partial charge in [0.25, 0.3) is 5.91 Å². The molecule has 0 bridgehead atoms. The first-order chi connectivity index (χ1) is 9.58. The molecule has 5 heteroatoms. The number of nitrogens with two attached hydrogens (primary N) is 1. The molecule has 2 heterocycles. The molecule has 2 rings (SSSR count). The van der Waals surface area contributed by atoms with Crippen LogP contribution < -0.4 is 15.8 Å². The van der Waals surface area contributed by atoms with Crippen LogP contribution in [0.2, 0.25) is 0 Å². The molecule has 110 valence electrons. The lowest BCUT2D eigenvalue weighted by Gasteiger charge is -2.22. The third kappa shape index (κ3) is 3.70. The number of nitrogens with zero attached hydrogens (tertiary/aromatic N) is 1. The van der Waals surface area contributed by atoms with Gasteiger partial charge in [-0.05, 0) is 63.7 Å². The summed E-state index contributed by atoms with van der Waals surface area (Å²) in [5.74, 6) is 0.537. The van der Waals surface area contributed by atoms with Crippen LogP contribution in [-0.2, 0) is 0 Å². The first kappa shape index (κ1) is 14.8. The highest BCUT2D eigenvalue weighted by Gasteiger charge is 2.17. The van der Waals surface area contributed by atoms with Crippen LogP contribution in [-0.4, -0.2) is 30.6 Å². The van der Waals surface area contributed by atoms with E-state index >= 15 is 0 Å². The molecule has 1 saturated heterocycles. The second-order valence-corrected chi connectivity index (χ2v) is 5.47. The summed E-state index contributed by atoms with van der Waals surface area (Å²) in [4.78, 5) is 15.8. The van der Waals surface area contributed by atoms with Gasteiger partial charge in [-0.15, -0.1) is 0 Å². The van der Waals surface area contributed by atoms with E-state index in [1.54, 1.807) is 0 Å². The van der Waals surface area contributed by atoms with Gasteiger partial charge in [0, 0.05) is 5.69 Å². The van der Waals surface area contributed by atoms with Gasteiger partial charge >= 0.3 is 0 Å². The highest BCUT2D eigenvalue weighted by atomic mass is 16.5. The molecule has 1 atom stereocenters. The van der Waals surface area contributed by atoms with Crippen molar-refractivity contribution in [2.24, 2.45) is 11.7 Å². The van der Waals surface area contributed by atoms with E-state index in [4.69, 9.17) is 10.5 Å². The predicted octanol–water partition coefficient (Wildman–Crippen LogP) is 1.57. The summed E-state index contributed by atoms with van der Waals surface area (Å²) in [6.45, 7) is 6.47. The molecule has 0 saturated carbocycles. The Balaban J connectivity index is 1.99. The molecule has 5 nitrogen and oxygen atoms in total. The predicted molar refractivity (Wildman–Crippen MR) is 77.9 cm³/mol. The summed E-state index contributed by atoms with van der Waals surface area (Å²) in [7, 11) is 0. The van der Waals surface area contributed by atoms with Crippen molar-refractivity contribution in [3.63, 3.8) is 0 Å². The molecule has 1 aromatic heterocycles. The van der Waals surface area contributed by atoms with Crippen molar-refractivity contribution < 1.29 is 9.53 Å². The number of amides is 1. The molecule has 0 aromatic carbocycles. The Morgan fingerprint density at radius 1 is 1.55 bits per heavy atom. The average molecular weight is 277 g/mol. The van der Waals surface area contributed by atoms with Gasteiger partial charge in [-0.25, -0.2) is 4.98 Å². The van der Waals surface area contributed by atoms with Crippen LogP contribution in [0.15, 0.2) is 6.07 Å². The quantitative estimate of drug-likeness (QED) is 0.856. The average Bonchev–Trinajstić information content (AvgIpc) is 2.38. The number of primary amides is 1. The normalized spacial score (nSPS) is 18.8. The first-order valence-corrected chi connectivity index (χ1v) is 7.19. The van der Waals surface area contributed by atoms with Gasteiger partial charge in [0.2, 0.25) is 5.88 Å². The van der Waals surface area contributed by atoms with Crippen LogP contribution in [0.1, 0.15) is 40.9 Å². The van der Waals surface area contributed by atoms with E-state index in [1.165, 1.54) is 12.8 Å². The fourth-order valence-electron chi connectivity index (χ4n) is 2.70. The van der Waals surface area contributed by atoms with Gasteiger partial charge in [-0.1, -0.05) is 0 Å². The molecule has 1 fully saturated rings. The van der Waals surface area contributed by atoms with Crippen LogP contribution in [0.3, 0.4) is 0 Å². The smallest absolute Gasteiger partial charge is 0.254 e. The maximum atomic E-state index is 11.5. The maximum Gasteiger partial charge on any atom is 0.254 e. The van der Waals surface area contributed by atoms with E-state index < -0.39 is 5.91 Å². The SMILES string of the molecule is Cc1cc(C)c(C(N)=O)c(OCCC2CCCNC2)n1.